The number of amides is 2. The SMILES string of the molecule is O=C(NNC(=O)c1nc(-c2ccccc2)n(-c2ccccc2)n1)c1ccncc1. The fourth-order valence-corrected chi connectivity index (χ4v) is 2.68. The van der Waals surface area contributed by atoms with E-state index < -0.39 is 11.8 Å². The number of nitrogens with zero attached hydrogens (tertiary/aromatic N) is 4. The highest BCUT2D eigenvalue weighted by molar-refractivity contribution is 5.97. The Morgan fingerprint density at radius 3 is 2.07 bits per heavy atom. The van der Waals surface area contributed by atoms with Gasteiger partial charge in [-0.25, -0.2) is 9.67 Å². The van der Waals surface area contributed by atoms with Crippen molar-refractivity contribution < 1.29 is 9.59 Å². The molecule has 4 aromatic rings. The van der Waals surface area contributed by atoms with Crippen LogP contribution in [0, 0.1) is 0 Å². The van der Waals surface area contributed by atoms with Gasteiger partial charge in [-0.2, -0.15) is 0 Å². The minimum atomic E-state index is -0.626. The van der Waals surface area contributed by atoms with Crippen molar-refractivity contribution in [2.24, 2.45) is 0 Å². The van der Waals surface area contributed by atoms with E-state index in [4.69, 9.17) is 0 Å². The summed E-state index contributed by atoms with van der Waals surface area (Å²) < 4.78 is 1.59. The van der Waals surface area contributed by atoms with E-state index in [1.807, 2.05) is 60.7 Å². The fourth-order valence-electron chi connectivity index (χ4n) is 2.68. The van der Waals surface area contributed by atoms with E-state index in [2.05, 4.69) is 25.9 Å². The van der Waals surface area contributed by atoms with Crippen LogP contribution in [-0.2, 0) is 0 Å². The van der Waals surface area contributed by atoms with Crippen LogP contribution >= 0.6 is 0 Å². The Labute approximate surface area is 166 Å². The largest absolute Gasteiger partial charge is 0.309 e. The van der Waals surface area contributed by atoms with E-state index in [9.17, 15) is 9.59 Å². The molecule has 0 radical (unpaired) electrons. The Balaban J connectivity index is 1.60. The molecular weight excluding hydrogens is 368 g/mol. The van der Waals surface area contributed by atoms with Gasteiger partial charge in [0.15, 0.2) is 5.82 Å². The van der Waals surface area contributed by atoms with E-state index in [0.29, 0.717) is 11.4 Å². The number of rotatable bonds is 4. The summed E-state index contributed by atoms with van der Waals surface area (Å²) in [4.78, 5) is 32.9. The van der Waals surface area contributed by atoms with E-state index in [1.165, 1.54) is 24.5 Å². The van der Waals surface area contributed by atoms with Crippen LogP contribution in [0.2, 0.25) is 0 Å². The summed E-state index contributed by atoms with van der Waals surface area (Å²) >= 11 is 0. The van der Waals surface area contributed by atoms with Crippen LogP contribution in [0.3, 0.4) is 0 Å². The molecule has 29 heavy (non-hydrogen) atoms. The van der Waals surface area contributed by atoms with Crippen LogP contribution in [0.4, 0.5) is 0 Å². The van der Waals surface area contributed by atoms with Crippen LogP contribution in [0.25, 0.3) is 17.1 Å². The summed E-state index contributed by atoms with van der Waals surface area (Å²) in [5.41, 5.74) is 6.63. The Kier molecular flexibility index (Phi) is 5.06. The molecule has 142 valence electrons. The first kappa shape index (κ1) is 18.1. The van der Waals surface area contributed by atoms with Gasteiger partial charge in [0.2, 0.25) is 5.82 Å². The highest BCUT2D eigenvalue weighted by Gasteiger charge is 2.19. The highest BCUT2D eigenvalue weighted by Crippen LogP contribution is 2.20. The Hall–Kier alpha value is -4.33. The fraction of sp³-hybridized carbons (Fsp3) is 0. The molecule has 8 nitrogen and oxygen atoms in total. The number of nitrogens with one attached hydrogen (secondary N) is 2. The van der Waals surface area contributed by atoms with Crippen molar-refractivity contribution in [1.29, 1.82) is 0 Å². The first-order chi connectivity index (χ1) is 14.2. The minimum Gasteiger partial charge on any atom is -0.267 e. The van der Waals surface area contributed by atoms with Gasteiger partial charge in [0.25, 0.3) is 5.91 Å². The molecule has 0 aliphatic rings. The molecule has 4 rings (SSSR count). The average molecular weight is 384 g/mol. The number of benzene rings is 2. The molecule has 2 N–H and O–H groups in total. The van der Waals surface area contributed by atoms with Crippen LogP contribution < -0.4 is 10.9 Å². The molecule has 2 aromatic heterocycles. The Bertz CT molecular complexity index is 1070. The van der Waals surface area contributed by atoms with Crippen LogP contribution in [0.1, 0.15) is 21.0 Å². The van der Waals surface area contributed by atoms with Crippen molar-refractivity contribution in [2.75, 3.05) is 0 Å². The zero-order valence-corrected chi connectivity index (χ0v) is 15.2. The third kappa shape index (κ3) is 4.01. The Morgan fingerprint density at radius 1 is 0.759 bits per heavy atom. The van der Waals surface area contributed by atoms with Gasteiger partial charge in [0.1, 0.15) is 0 Å². The van der Waals surface area contributed by atoms with Gasteiger partial charge in [0, 0.05) is 23.5 Å². The number of pyridine rings is 1. The first-order valence-corrected chi connectivity index (χ1v) is 8.81. The van der Waals surface area contributed by atoms with E-state index in [-0.39, 0.29) is 5.82 Å². The average Bonchev–Trinajstić information content (AvgIpc) is 3.25. The molecule has 2 heterocycles. The van der Waals surface area contributed by atoms with Gasteiger partial charge in [-0.15, -0.1) is 5.10 Å². The number of hydrogen-bond acceptors (Lipinski definition) is 5. The standard InChI is InChI=1S/C21H16N6O2/c28-20(16-11-13-22-14-12-16)24-25-21(29)18-23-19(15-7-3-1-4-8-15)27(26-18)17-9-5-2-6-10-17/h1-14H,(H,24,28)(H,25,29). The summed E-state index contributed by atoms with van der Waals surface area (Å²) in [6.07, 6.45) is 2.98. The zero-order valence-electron chi connectivity index (χ0n) is 15.2. The first-order valence-electron chi connectivity index (χ1n) is 8.81. The van der Waals surface area contributed by atoms with E-state index in [1.54, 1.807) is 4.68 Å². The summed E-state index contributed by atoms with van der Waals surface area (Å²) in [6.45, 7) is 0. The maximum absolute atomic E-state index is 12.5. The minimum absolute atomic E-state index is 0.0669. The third-order valence-electron chi connectivity index (χ3n) is 4.08. The van der Waals surface area contributed by atoms with Crippen molar-refractivity contribution in [2.45, 2.75) is 0 Å². The summed E-state index contributed by atoms with van der Waals surface area (Å²) in [7, 11) is 0. The van der Waals surface area contributed by atoms with Gasteiger partial charge >= 0.3 is 5.91 Å². The molecule has 0 bridgehead atoms. The lowest BCUT2D eigenvalue weighted by Crippen LogP contribution is -2.42. The normalized spacial score (nSPS) is 10.3. The van der Waals surface area contributed by atoms with Gasteiger partial charge < -0.3 is 0 Å². The number of carbonyl (C=O) groups excluding carboxylic acids is 2. The topological polar surface area (TPSA) is 102 Å². The van der Waals surface area contributed by atoms with Crippen molar-refractivity contribution in [1.82, 2.24) is 30.6 Å². The molecule has 0 unspecified atom stereocenters. The highest BCUT2D eigenvalue weighted by atomic mass is 16.2. The molecule has 2 amide bonds. The number of carbonyl (C=O) groups is 2. The molecule has 0 saturated carbocycles. The third-order valence-corrected chi connectivity index (χ3v) is 4.08. The number of para-hydroxylation sites is 1. The zero-order chi connectivity index (χ0) is 20.1. The molecule has 0 aliphatic heterocycles. The molecule has 0 aliphatic carbocycles. The summed E-state index contributed by atoms with van der Waals surface area (Å²) in [5.74, 6) is -0.643. The van der Waals surface area contributed by atoms with Gasteiger partial charge in [-0.1, -0.05) is 48.5 Å². The maximum Gasteiger partial charge on any atom is 0.309 e. The van der Waals surface area contributed by atoms with Crippen LogP contribution in [0.5, 0.6) is 0 Å². The predicted molar refractivity (Wildman–Crippen MR) is 106 cm³/mol. The predicted octanol–water partition coefficient (Wildman–Crippen LogP) is 2.40. The quantitative estimate of drug-likeness (QED) is 0.526. The monoisotopic (exact) mass is 384 g/mol. The molecule has 0 spiro atoms. The number of hydrazine groups is 1. The molecule has 0 saturated heterocycles. The second-order valence-electron chi connectivity index (χ2n) is 6.02. The lowest BCUT2D eigenvalue weighted by Gasteiger charge is -2.05. The molecular formula is C21H16N6O2. The maximum atomic E-state index is 12.5. The molecule has 8 heteroatoms. The van der Waals surface area contributed by atoms with Crippen molar-refractivity contribution >= 4 is 11.8 Å². The van der Waals surface area contributed by atoms with Crippen molar-refractivity contribution in [3.8, 4) is 17.1 Å². The van der Waals surface area contributed by atoms with Crippen molar-refractivity contribution in [3.63, 3.8) is 0 Å². The lowest BCUT2D eigenvalue weighted by molar-refractivity contribution is 0.0841. The van der Waals surface area contributed by atoms with Crippen molar-refractivity contribution in [3.05, 3.63) is 96.6 Å². The van der Waals surface area contributed by atoms with E-state index >= 15 is 0 Å². The van der Waals surface area contributed by atoms with Gasteiger partial charge in [0.05, 0.1) is 5.69 Å². The molecule has 2 aromatic carbocycles. The summed E-state index contributed by atoms with van der Waals surface area (Å²) in [6, 6.07) is 21.9. The van der Waals surface area contributed by atoms with Crippen LogP contribution in [-0.4, -0.2) is 31.6 Å². The van der Waals surface area contributed by atoms with Crippen LogP contribution in [0.15, 0.2) is 85.2 Å². The lowest BCUT2D eigenvalue weighted by atomic mass is 10.2. The van der Waals surface area contributed by atoms with Gasteiger partial charge in [-0.3, -0.25) is 25.4 Å². The molecule has 0 fully saturated rings. The number of aromatic nitrogens is 4. The smallest absolute Gasteiger partial charge is 0.267 e. The van der Waals surface area contributed by atoms with Gasteiger partial charge in [-0.05, 0) is 24.3 Å². The number of hydrogen-bond donors (Lipinski definition) is 2. The van der Waals surface area contributed by atoms with E-state index in [0.717, 1.165) is 11.3 Å². The Morgan fingerprint density at radius 2 is 1.38 bits per heavy atom. The second-order valence-corrected chi connectivity index (χ2v) is 6.02. The molecule has 0 atom stereocenters. The second kappa shape index (κ2) is 8.13. The summed E-state index contributed by atoms with van der Waals surface area (Å²) in [5, 5.41) is 4.34.